The number of aliphatic hydroxyl groups excluding tert-OH is 1. The predicted molar refractivity (Wildman–Crippen MR) is 63.8 cm³/mol. The number of rotatable bonds is 4. The van der Waals surface area contributed by atoms with Crippen LogP contribution in [-0.2, 0) is 0 Å². The van der Waals surface area contributed by atoms with Crippen molar-refractivity contribution in [1.29, 1.82) is 0 Å². The van der Waals surface area contributed by atoms with E-state index in [1.165, 1.54) is 0 Å². The lowest BCUT2D eigenvalue weighted by Crippen LogP contribution is -2.33. The maximum Gasteiger partial charge on any atom is 0.318 e. The minimum absolute atomic E-state index is 0.0606. The number of carbonyl (C=O) groups excluding carboxylic acids is 1. The van der Waals surface area contributed by atoms with Crippen molar-refractivity contribution >= 4 is 12.1 Å². The Morgan fingerprint density at radius 3 is 2.88 bits per heavy atom. The van der Waals surface area contributed by atoms with Crippen molar-refractivity contribution < 1.29 is 9.90 Å². The van der Waals surface area contributed by atoms with E-state index in [0.717, 1.165) is 11.1 Å². The van der Waals surface area contributed by atoms with Crippen LogP contribution in [-0.4, -0.2) is 24.3 Å². The lowest BCUT2D eigenvalue weighted by Gasteiger charge is -2.02. The maximum atomic E-state index is 11.1. The summed E-state index contributed by atoms with van der Waals surface area (Å²) >= 11 is 0. The molecular weight excluding hydrogens is 204 g/mol. The zero-order valence-corrected chi connectivity index (χ0v) is 9.23. The molecular formula is C12H16N2O2. The Balaban J connectivity index is 2.43. The van der Waals surface area contributed by atoms with Gasteiger partial charge in [0, 0.05) is 12.7 Å². The maximum absolute atomic E-state index is 11.1. The topological polar surface area (TPSA) is 61.4 Å². The first-order chi connectivity index (χ1) is 7.74. The number of hydrogen-bond donors (Lipinski definition) is 3. The third-order valence-corrected chi connectivity index (χ3v) is 2.06. The molecule has 0 heterocycles. The third-order valence-electron chi connectivity index (χ3n) is 2.06. The third kappa shape index (κ3) is 4.14. The highest BCUT2D eigenvalue weighted by Gasteiger charge is 1.94. The average Bonchev–Trinajstić information content (AvgIpc) is 2.29. The molecule has 1 aromatic rings. The van der Waals surface area contributed by atoms with Gasteiger partial charge in [0.05, 0.1) is 6.61 Å². The average molecular weight is 220 g/mol. The van der Waals surface area contributed by atoms with Gasteiger partial charge in [0.25, 0.3) is 0 Å². The largest absolute Gasteiger partial charge is 0.395 e. The highest BCUT2D eigenvalue weighted by molar-refractivity contribution is 5.75. The van der Waals surface area contributed by atoms with Crippen LogP contribution in [0.4, 0.5) is 4.79 Å². The van der Waals surface area contributed by atoms with E-state index in [0.29, 0.717) is 0 Å². The lowest BCUT2D eigenvalue weighted by atomic mass is 10.1. The standard InChI is InChI=1S/C12H16N2O2/c1-10-4-2-3-5-11(10)6-7-13-12(16)14-8-9-15/h2-7,15H,8-9H2,1H3,(H2,13,14,16)/b7-6+. The van der Waals surface area contributed by atoms with Gasteiger partial charge in [0.2, 0.25) is 0 Å². The van der Waals surface area contributed by atoms with Gasteiger partial charge in [-0.3, -0.25) is 0 Å². The second-order valence-electron chi connectivity index (χ2n) is 3.31. The monoisotopic (exact) mass is 220 g/mol. The molecule has 0 aliphatic carbocycles. The van der Waals surface area contributed by atoms with Gasteiger partial charge in [0.15, 0.2) is 0 Å². The second-order valence-corrected chi connectivity index (χ2v) is 3.31. The van der Waals surface area contributed by atoms with Crippen LogP contribution in [0.5, 0.6) is 0 Å². The molecule has 0 fully saturated rings. The van der Waals surface area contributed by atoms with Gasteiger partial charge >= 0.3 is 6.03 Å². The SMILES string of the molecule is Cc1ccccc1/C=C/NC(=O)NCCO. The number of amides is 2. The number of aryl methyl sites for hydroxylation is 1. The first kappa shape index (κ1) is 12.3. The van der Waals surface area contributed by atoms with E-state index < -0.39 is 0 Å². The summed E-state index contributed by atoms with van der Waals surface area (Å²) in [6.45, 7) is 2.20. The lowest BCUT2D eigenvalue weighted by molar-refractivity contribution is 0.237. The van der Waals surface area contributed by atoms with Crippen molar-refractivity contribution in [3.05, 3.63) is 41.6 Å². The Kier molecular flexibility index (Phi) is 5.08. The molecule has 0 spiro atoms. The molecule has 0 radical (unpaired) electrons. The Bertz CT molecular complexity index is 375. The summed E-state index contributed by atoms with van der Waals surface area (Å²) < 4.78 is 0. The molecule has 1 aromatic carbocycles. The van der Waals surface area contributed by atoms with Crippen LogP contribution in [0.15, 0.2) is 30.5 Å². The highest BCUT2D eigenvalue weighted by atomic mass is 16.3. The molecule has 4 nitrogen and oxygen atoms in total. The van der Waals surface area contributed by atoms with Crippen molar-refractivity contribution in [3.63, 3.8) is 0 Å². The van der Waals surface area contributed by atoms with E-state index in [1.807, 2.05) is 37.3 Å². The number of urea groups is 1. The fourth-order valence-electron chi connectivity index (χ4n) is 1.20. The summed E-state index contributed by atoms with van der Waals surface area (Å²) in [5.41, 5.74) is 2.21. The van der Waals surface area contributed by atoms with Crippen LogP contribution in [0, 0.1) is 6.92 Å². The first-order valence-electron chi connectivity index (χ1n) is 5.11. The van der Waals surface area contributed by atoms with E-state index in [-0.39, 0.29) is 19.2 Å². The Morgan fingerprint density at radius 2 is 2.19 bits per heavy atom. The van der Waals surface area contributed by atoms with Gasteiger partial charge in [-0.05, 0) is 24.1 Å². The van der Waals surface area contributed by atoms with E-state index in [4.69, 9.17) is 5.11 Å². The minimum Gasteiger partial charge on any atom is -0.395 e. The van der Waals surface area contributed by atoms with Crippen molar-refractivity contribution in [2.45, 2.75) is 6.92 Å². The van der Waals surface area contributed by atoms with Gasteiger partial charge < -0.3 is 15.7 Å². The molecule has 4 heteroatoms. The molecule has 0 saturated carbocycles. The van der Waals surface area contributed by atoms with Crippen LogP contribution in [0.2, 0.25) is 0 Å². The first-order valence-corrected chi connectivity index (χ1v) is 5.11. The Hall–Kier alpha value is -1.81. The summed E-state index contributed by atoms with van der Waals surface area (Å²) in [4.78, 5) is 11.1. The van der Waals surface area contributed by atoms with E-state index >= 15 is 0 Å². The number of nitrogens with one attached hydrogen (secondary N) is 2. The van der Waals surface area contributed by atoms with Crippen molar-refractivity contribution in [2.24, 2.45) is 0 Å². The second kappa shape index (κ2) is 6.63. The van der Waals surface area contributed by atoms with Crippen LogP contribution >= 0.6 is 0 Å². The fraction of sp³-hybridized carbons (Fsp3) is 0.250. The summed E-state index contributed by atoms with van der Waals surface area (Å²) in [6.07, 6.45) is 3.41. The summed E-state index contributed by atoms with van der Waals surface area (Å²) in [7, 11) is 0. The Morgan fingerprint density at radius 1 is 1.44 bits per heavy atom. The minimum atomic E-state index is -0.320. The quantitative estimate of drug-likeness (QED) is 0.715. The molecule has 16 heavy (non-hydrogen) atoms. The smallest absolute Gasteiger partial charge is 0.318 e. The van der Waals surface area contributed by atoms with E-state index in [1.54, 1.807) is 6.20 Å². The zero-order valence-electron chi connectivity index (χ0n) is 9.23. The van der Waals surface area contributed by atoms with Crippen LogP contribution < -0.4 is 10.6 Å². The molecule has 0 aliphatic rings. The van der Waals surface area contributed by atoms with Gasteiger partial charge in [-0.1, -0.05) is 24.3 Å². The van der Waals surface area contributed by atoms with Gasteiger partial charge in [-0.25, -0.2) is 4.79 Å². The van der Waals surface area contributed by atoms with Gasteiger partial charge in [-0.2, -0.15) is 0 Å². The molecule has 0 aromatic heterocycles. The summed E-state index contributed by atoms with van der Waals surface area (Å²) in [6, 6.07) is 7.57. The molecule has 3 N–H and O–H groups in total. The van der Waals surface area contributed by atoms with Gasteiger partial charge in [-0.15, -0.1) is 0 Å². The summed E-state index contributed by atoms with van der Waals surface area (Å²) in [5, 5.41) is 13.5. The molecule has 0 bridgehead atoms. The number of hydrogen-bond acceptors (Lipinski definition) is 2. The molecule has 0 atom stereocenters. The predicted octanol–water partition coefficient (Wildman–Crippen LogP) is 1.26. The van der Waals surface area contributed by atoms with Crippen LogP contribution in [0.25, 0.3) is 6.08 Å². The van der Waals surface area contributed by atoms with Crippen molar-refractivity contribution in [2.75, 3.05) is 13.2 Å². The van der Waals surface area contributed by atoms with Crippen LogP contribution in [0.3, 0.4) is 0 Å². The fourth-order valence-corrected chi connectivity index (χ4v) is 1.20. The summed E-state index contributed by atoms with van der Waals surface area (Å²) in [5.74, 6) is 0. The Labute approximate surface area is 95.0 Å². The normalized spacial score (nSPS) is 10.4. The van der Waals surface area contributed by atoms with E-state index in [9.17, 15) is 4.79 Å². The molecule has 2 amide bonds. The number of benzene rings is 1. The zero-order chi connectivity index (χ0) is 11.8. The number of carbonyl (C=O) groups is 1. The van der Waals surface area contributed by atoms with E-state index in [2.05, 4.69) is 10.6 Å². The van der Waals surface area contributed by atoms with Crippen LogP contribution in [0.1, 0.15) is 11.1 Å². The number of aliphatic hydroxyl groups is 1. The molecule has 1 rings (SSSR count). The molecule has 86 valence electrons. The van der Waals surface area contributed by atoms with Crippen molar-refractivity contribution in [1.82, 2.24) is 10.6 Å². The van der Waals surface area contributed by atoms with Crippen molar-refractivity contribution in [3.8, 4) is 0 Å². The molecule has 0 aliphatic heterocycles. The van der Waals surface area contributed by atoms with Gasteiger partial charge in [0.1, 0.15) is 0 Å². The highest BCUT2D eigenvalue weighted by Crippen LogP contribution is 2.07. The molecule has 0 unspecified atom stereocenters. The molecule has 0 saturated heterocycles.